The number of carbonyl (C=O) groups is 1. The summed E-state index contributed by atoms with van der Waals surface area (Å²) in [6.45, 7) is 3.53. The maximum Gasteiger partial charge on any atom is 0.230 e. The summed E-state index contributed by atoms with van der Waals surface area (Å²) >= 11 is 0. The van der Waals surface area contributed by atoms with Crippen LogP contribution in [0.5, 0.6) is 0 Å². The van der Waals surface area contributed by atoms with Crippen molar-refractivity contribution in [3.05, 3.63) is 0 Å². The molecule has 1 aliphatic carbocycles. The summed E-state index contributed by atoms with van der Waals surface area (Å²) in [6.07, 6.45) is 4.22. The average molecular weight is 382 g/mol. The van der Waals surface area contributed by atoms with Crippen LogP contribution in [-0.2, 0) is 4.79 Å². The number of guanidine groups is 1. The van der Waals surface area contributed by atoms with Gasteiger partial charge in [-0.05, 0) is 19.8 Å². The second kappa shape index (κ2) is 8.60. The van der Waals surface area contributed by atoms with E-state index in [-0.39, 0.29) is 35.3 Å². The van der Waals surface area contributed by atoms with Gasteiger partial charge >= 0.3 is 0 Å². The fourth-order valence-corrected chi connectivity index (χ4v) is 2.63. The van der Waals surface area contributed by atoms with Gasteiger partial charge in [-0.1, -0.05) is 12.8 Å². The number of carbonyl (C=O) groups excluding carboxylic acids is 1. The van der Waals surface area contributed by atoms with Crippen molar-refractivity contribution >= 4 is 35.8 Å². The molecule has 0 spiro atoms. The van der Waals surface area contributed by atoms with Crippen LogP contribution in [0.1, 0.15) is 32.6 Å². The monoisotopic (exact) mass is 382 g/mol. The third kappa shape index (κ3) is 4.81. The number of hydrogen-bond acceptors (Lipinski definition) is 2. The summed E-state index contributed by atoms with van der Waals surface area (Å²) in [6, 6.07) is 0. The van der Waals surface area contributed by atoms with Crippen LogP contribution in [0.3, 0.4) is 0 Å². The highest BCUT2D eigenvalue weighted by molar-refractivity contribution is 14.0. The van der Waals surface area contributed by atoms with Crippen LogP contribution in [0.4, 0.5) is 0 Å². The molecule has 0 aromatic rings. The van der Waals surface area contributed by atoms with E-state index in [0.717, 1.165) is 38.2 Å². The zero-order valence-corrected chi connectivity index (χ0v) is 14.8. The lowest BCUT2D eigenvalue weighted by molar-refractivity contribution is -0.138. The number of nitrogens with zero attached hydrogens (tertiary/aromatic N) is 2. The van der Waals surface area contributed by atoms with E-state index in [1.807, 2.05) is 21.0 Å². The maximum atomic E-state index is 12.4. The van der Waals surface area contributed by atoms with Crippen LogP contribution in [0.2, 0.25) is 0 Å². The first-order chi connectivity index (χ1) is 8.55. The summed E-state index contributed by atoms with van der Waals surface area (Å²) in [5.74, 6) is 1.01. The molecule has 5 nitrogen and oxygen atoms in total. The molecule has 0 aromatic heterocycles. The number of rotatable bonds is 4. The van der Waals surface area contributed by atoms with Gasteiger partial charge in [-0.3, -0.25) is 9.79 Å². The van der Waals surface area contributed by atoms with E-state index in [4.69, 9.17) is 0 Å². The molecule has 1 rings (SSSR count). The molecule has 1 amide bonds. The molecule has 0 atom stereocenters. The molecule has 0 bridgehead atoms. The first-order valence-electron chi connectivity index (χ1n) is 6.72. The quantitative estimate of drug-likeness (QED) is 0.440. The van der Waals surface area contributed by atoms with Gasteiger partial charge in [0.15, 0.2) is 5.96 Å². The van der Waals surface area contributed by atoms with Gasteiger partial charge in [0.2, 0.25) is 5.91 Å². The normalized spacial score (nSPS) is 17.6. The van der Waals surface area contributed by atoms with Crippen LogP contribution < -0.4 is 10.6 Å². The van der Waals surface area contributed by atoms with E-state index < -0.39 is 0 Å². The summed E-state index contributed by atoms with van der Waals surface area (Å²) in [4.78, 5) is 18.2. The SMILES string of the molecule is CCNC(=NC)NCC1(C(=O)N(C)C)CCCC1.I. The minimum Gasteiger partial charge on any atom is -0.357 e. The number of halogens is 1. The third-order valence-electron chi connectivity index (χ3n) is 3.58. The van der Waals surface area contributed by atoms with Gasteiger partial charge in [-0.2, -0.15) is 0 Å². The minimum absolute atomic E-state index is 0. The molecule has 112 valence electrons. The lowest BCUT2D eigenvalue weighted by Crippen LogP contribution is -2.49. The van der Waals surface area contributed by atoms with E-state index in [1.54, 1.807) is 11.9 Å². The highest BCUT2D eigenvalue weighted by Crippen LogP contribution is 2.38. The van der Waals surface area contributed by atoms with Crippen molar-refractivity contribution in [2.45, 2.75) is 32.6 Å². The fraction of sp³-hybridized carbons (Fsp3) is 0.846. The fourth-order valence-electron chi connectivity index (χ4n) is 2.63. The van der Waals surface area contributed by atoms with E-state index in [9.17, 15) is 4.79 Å². The molecule has 1 aliphatic rings. The van der Waals surface area contributed by atoms with Crippen molar-refractivity contribution in [2.75, 3.05) is 34.2 Å². The van der Waals surface area contributed by atoms with Gasteiger partial charge in [-0.15, -0.1) is 24.0 Å². The molecule has 0 aromatic carbocycles. The number of aliphatic imine (C=N–C) groups is 1. The molecular weight excluding hydrogens is 355 g/mol. The summed E-state index contributed by atoms with van der Waals surface area (Å²) < 4.78 is 0. The Hall–Kier alpha value is -0.530. The summed E-state index contributed by atoms with van der Waals surface area (Å²) in [5, 5.41) is 6.44. The van der Waals surface area contributed by atoms with E-state index in [0.29, 0.717) is 6.54 Å². The lowest BCUT2D eigenvalue weighted by atomic mass is 9.84. The Kier molecular flexibility index (Phi) is 8.36. The minimum atomic E-state index is -0.241. The van der Waals surface area contributed by atoms with Crippen molar-refractivity contribution in [3.63, 3.8) is 0 Å². The molecule has 1 saturated carbocycles. The zero-order chi connectivity index (χ0) is 13.6. The van der Waals surface area contributed by atoms with Crippen LogP contribution in [0.25, 0.3) is 0 Å². The van der Waals surface area contributed by atoms with Gasteiger partial charge < -0.3 is 15.5 Å². The highest BCUT2D eigenvalue weighted by atomic mass is 127. The molecule has 2 N–H and O–H groups in total. The molecule has 0 unspecified atom stereocenters. The molecule has 0 aliphatic heterocycles. The predicted octanol–water partition coefficient (Wildman–Crippen LogP) is 1.44. The van der Waals surface area contributed by atoms with Gasteiger partial charge in [-0.25, -0.2) is 0 Å². The van der Waals surface area contributed by atoms with Crippen molar-refractivity contribution in [3.8, 4) is 0 Å². The maximum absolute atomic E-state index is 12.4. The molecule has 6 heteroatoms. The van der Waals surface area contributed by atoms with Crippen molar-refractivity contribution < 1.29 is 4.79 Å². The Morgan fingerprint density at radius 3 is 2.26 bits per heavy atom. The van der Waals surface area contributed by atoms with Gasteiger partial charge in [0.25, 0.3) is 0 Å². The first kappa shape index (κ1) is 18.5. The van der Waals surface area contributed by atoms with E-state index >= 15 is 0 Å². The lowest BCUT2D eigenvalue weighted by Gasteiger charge is -2.31. The van der Waals surface area contributed by atoms with Crippen molar-refractivity contribution in [2.24, 2.45) is 10.4 Å². The first-order valence-corrected chi connectivity index (χ1v) is 6.72. The van der Waals surface area contributed by atoms with Gasteiger partial charge in [0.05, 0.1) is 5.41 Å². The molecule has 19 heavy (non-hydrogen) atoms. The van der Waals surface area contributed by atoms with Gasteiger partial charge in [0.1, 0.15) is 0 Å². The van der Waals surface area contributed by atoms with Crippen molar-refractivity contribution in [1.82, 2.24) is 15.5 Å². The van der Waals surface area contributed by atoms with E-state index in [1.165, 1.54) is 0 Å². The smallest absolute Gasteiger partial charge is 0.230 e. The number of amides is 1. The Balaban J connectivity index is 0.00000324. The Labute approximate surface area is 133 Å². The van der Waals surface area contributed by atoms with Crippen LogP contribution in [-0.4, -0.2) is 51.0 Å². The zero-order valence-electron chi connectivity index (χ0n) is 12.5. The average Bonchev–Trinajstić information content (AvgIpc) is 2.83. The number of hydrogen-bond donors (Lipinski definition) is 2. The molecule has 0 saturated heterocycles. The second-order valence-corrected chi connectivity index (χ2v) is 5.14. The summed E-state index contributed by atoms with van der Waals surface area (Å²) in [7, 11) is 5.42. The van der Waals surface area contributed by atoms with E-state index in [2.05, 4.69) is 15.6 Å². The van der Waals surface area contributed by atoms with Crippen LogP contribution >= 0.6 is 24.0 Å². The third-order valence-corrected chi connectivity index (χ3v) is 3.58. The topological polar surface area (TPSA) is 56.7 Å². The highest BCUT2D eigenvalue weighted by Gasteiger charge is 2.41. The second-order valence-electron chi connectivity index (χ2n) is 5.14. The molecular formula is C13H27IN4O. The van der Waals surface area contributed by atoms with Crippen LogP contribution in [0.15, 0.2) is 4.99 Å². The molecule has 0 radical (unpaired) electrons. The predicted molar refractivity (Wildman–Crippen MR) is 90.0 cm³/mol. The molecule has 1 fully saturated rings. The summed E-state index contributed by atoms with van der Waals surface area (Å²) in [5.41, 5.74) is -0.241. The van der Waals surface area contributed by atoms with Gasteiger partial charge in [0, 0.05) is 34.2 Å². The Morgan fingerprint density at radius 1 is 1.26 bits per heavy atom. The Bertz CT molecular complexity index is 312. The Morgan fingerprint density at radius 2 is 1.84 bits per heavy atom. The largest absolute Gasteiger partial charge is 0.357 e. The number of nitrogens with one attached hydrogen (secondary N) is 2. The molecule has 0 heterocycles. The standard InChI is InChI=1S/C13H26N4O.HI/c1-5-15-12(14-2)16-10-13(8-6-7-9-13)11(18)17(3)4;/h5-10H2,1-4H3,(H2,14,15,16);1H. The van der Waals surface area contributed by atoms with Crippen LogP contribution in [0, 0.1) is 5.41 Å². The van der Waals surface area contributed by atoms with Crippen molar-refractivity contribution in [1.29, 1.82) is 0 Å².